The summed E-state index contributed by atoms with van der Waals surface area (Å²) < 4.78 is 29.0. The van der Waals surface area contributed by atoms with Crippen LogP contribution in [-0.4, -0.2) is 40.4 Å². The summed E-state index contributed by atoms with van der Waals surface area (Å²) >= 11 is 1.46. The lowest BCUT2D eigenvalue weighted by atomic mass is 10.2. The fourth-order valence-electron chi connectivity index (χ4n) is 2.71. The second-order valence-corrected chi connectivity index (χ2v) is 8.26. The quantitative estimate of drug-likeness (QED) is 0.866. The number of aromatic nitrogens is 3. The van der Waals surface area contributed by atoms with E-state index in [4.69, 9.17) is 0 Å². The van der Waals surface area contributed by atoms with E-state index in [2.05, 4.69) is 10.1 Å². The van der Waals surface area contributed by atoms with Gasteiger partial charge in [-0.1, -0.05) is 31.1 Å². The minimum absolute atomic E-state index is 0.246. The van der Waals surface area contributed by atoms with Crippen LogP contribution in [-0.2, 0) is 16.4 Å². The van der Waals surface area contributed by atoms with Crippen LogP contribution in [0.2, 0.25) is 0 Å². The lowest BCUT2D eigenvalue weighted by molar-refractivity contribution is 0.419. The van der Waals surface area contributed by atoms with E-state index in [1.54, 1.807) is 11.2 Å². The molecule has 1 saturated heterocycles. The predicted octanol–water partition coefficient (Wildman–Crippen LogP) is 2.23. The lowest BCUT2D eigenvalue weighted by Gasteiger charge is -2.19. The van der Waals surface area contributed by atoms with Gasteiger partial charge in [-0.25, -0.2) is 13.4 Å². The molecule has 8 heteroatoms. The molecule has 0 unspecified atom stereocenters. The number of hydrogen-bond acceptors (Lipinski definition) is 5. The molecule has 21 heavy (non-hydrogen) atoms. The summed E-state index contributed by atoms with van der Waals surface area (Å²) in [5.41, 5.74) is 0.542. The molecule has 2 aromatic rings. The Morgan fingerprint density at radius 3 is 2.48 bits per heavy atom. The smallest absolute Gasteiger partial charge is 0.221 e. The van der Waals surface area contributed by atoms with Crippen LogP contribution in [0.25, 0.3) is 4.96 Å². The number of imidazole rings is 1. The van der Waals surface area contributed by atoms with Crippen molar-refractivity contribution in [2.24, 2.45) is 0 Å². The third-order valence-corrected chi connectivity index (χ3v) is 6.87. The molecule has 6 nitrogen and oxygen atoms in total. The van der Waals surface area contributed by atoms with Crippen molar-refractivity contribution in [2.75, 3.05) is 13.1 Å². The molecule has 0 bridgehead atoms. The SMILES string of the molecule is CCc1nn2c(S(=O)(=O)N3CCCCCC3)c(C)nc2s1. The zero-order valence-corrected chi connectivity index (χ0v) is 14.0. The molecule has 2 aromatic heterocycles. The zero-order valence-electron chi connectivity index (χ0n) is 12.4. The van der Waals surface area contributed by atoms with E-state index < -0.39 is 10.0 Å². The molecule has 116 valence electrons. The van der Waals surface area contributed by atoms with Crippen molar-refractivity contribution in [3.8, 4) is 0 Å². The van der Waals surface area contributed by atoms with E-state index in [0.29, 0.717) is 23.7 Å². The molecule has 1 aliphatic rings. The van der Waals surface area contributed by atoms with Crippen LogP contribution >= 0.6 is 11.3 Å². The fourth-order valence-corrected chi connectivity index (χ4v) is 5.40. The zero-order chi connectivity index (χ0) is 15.0. The maximum absolute atomic E-state index is 13.0. The molecule has 0 amide bonds. The van der Waals surface area contributed by atoms with E-state index >= 15 is 0 Å². The summed E-state index contributed by atoms with van der Waals surface area (Å²) in [5.74, 6) is 0. The molecule has 0 radical (unpaired) electrons. The predicted molar refractivity (Wildman–Crippen MR) is 82.2 cm³/mol. The Labute approximate surface area is 128 Å². The maximum atomic E-state index is 13.0. The number of fused-ring (bicyclic) bond motifs is 1. The van der Waals surface area contributed by atoms with E-state index in [-0.39, 0.29) is 5.03 Å². The van der Waals surface area contributed by atoms with Gasteiger partial charge in [0.25, 0.3) is 10.0 Å². The molecule has 0 atom stereocenters. The molecular formula is C13H20N4O2S2. The second kappa shape index (κ2) is 5.66. The number of aryl methyl sites for hydroxylation is 2. The Morgan fingerprint density at radius 1 is 1.19 bits per heavy atom. The van der Waals surface area contributed by atoms with Gasteiger partial charge in [0.05, 0.1) is 5.69 Å². The van der Waals surface area contributed by atoms with Gasteiger partial charge in [-0.3, -0.25) is 0 Å². The highest BCUT2D eigenvalue weighted by molar-refractivity contribution is 7.89. The number of rotatable bonds is 3. The second-order valence-electron chi connectivity index (χ2n) is 5.36. The molecule has 0 aliphatic carbocycles. The van der Waals surface area contributed by atoms with Gasteiger partial charge in [0.1, 0.15) is 5.01 Å². The minimum Gasteiger partial charge on any atom is -0.221 e. The Morgan fingerprint density at radius 2 is 1.86 bits per heavy atom. The average Bonchev–Trinajstić information content (AvgIpc) is 2.82. The van der Waals surface area contributed by atoms with E-state index in [0.717, 1.165) is 37.1 Å². The van der Waals surface area contributed by atoms with Crippen LogP contribution < -0.4 is 0 Å². The Bertz CT molecular complexity index is 740. The first-order valence-corrected chi connectivity index (χ1v) is 9.65. The van der Waals surface area contributed by atoms with Crippen LogP contribution in [0.4, 0.5) is 0 Å². The van der Waals surface area contributed by atoms with E-state index in [1.165, 1.54) is 15.9 Å². The van der Waals surface area contributed by atoms with Crippen LogP contribution in [0.3, 0.4) is 0 Å². The molecule has 0 N–H and O–H groups in total. The van der Waals surface area contributed by atoms with E-state index in [9.17, 15) is 8.42 Å². The Balaban J connectivity index is 2.08. The standard InChI is InChI=1S/C13H20N4O2S2/c1-3-11-15-17-12(10(2)14-13(17)20-11)21(18,19)16-8-6-4-5-7-9-16/h3-9H2,1-2H3. The summed E-state index contributed by atoms with van der Waals surface area (Å²) in [4.78, 5) is 5.04. The lowest BCUT2D eigenvalue weighted by Crippen LogP contribution is -2.33. The van der Waals surface area contributed by atoms with Crippen LogP contribution in [0.5, 0.6) is 0 Å². The van der Waals surface area contributed by atoms with Crippen LogP contribution in [0.15, 0.2) is 5.03 Å². The molecule has 1 fully saturated rings. The molecule has 0 saturated carbocycles. The minimum atomic E-state index is -3.52. The summed E-state index contributed by atoms with van der Waals surface area (Å²) in [5, 5.41) is 5.56. The number of nitrogens with zero attached hydrogens (tertiary/aromatic N) is 4. The Hall–Kier alpha value is -0.990. The average molecular weight is 328 g/mol. The topological polar surface area (TPSA) is 67.6 Å². The first kappa shape index (κ1) is 14.9. The molecule has 1 aliphatic heterocycles. The summed E-state index contributed by atoms with van der Waals surface area (Å²) in [6, 6.07) is 0. The van der Waals surface area contributed by atoms with Crippen molar-refractivity contribution in [3.63, 3.8) is 0 Å². The number of hydrogen-bond donors (Lipinski definition) is 0. The molecule has 3 rings (SSSR count). The third-order valence-electron chi connectivity index (χ3n) is 3.82. The van der Waals surface area contributed by atoms with E-state index in [1.807, 2.05) is 6.92 Å². The Kier molecular flexibility index (Phi) is 4.02. The van der Waals surface area contributed by atoms with Gasteiger partial charge < -0.3 is 0 Å². The third kappa shape index (κ3) is 2.60. The van der Waals surface area contributed by atoms with Crippen molar-refractivity contribution >= 4 is 26.3 Å². The normalized spacial score (nSPS) is 18.2. The van der Waals surface area contributed by atoms with Crippen molar-refractivity contribution in [1.82, 2.24) is 18.9 Å². The molecule has 0 aromatic carbocycles. The highest BCUT2D eigenvalue weighted by atomic mass is 32.2. The fraction of sp³-hybridized carbons (Fsp3) is 0.692. The highest BCUT2D eigenvalue weighted by Crippen LogP contribution is 2.26. The largest absolute Gasteiger partial charge is 0.262 e. The summed E-state index contributed by atoms with van der Waals surface area (Å²) in [6.45, 7) is 4.95. The monoisotopic (exact) mass is 328 g/mol. The summed E-state index contributed by atoms with van der Waals surface area (Å²) in [7, 11) is -3.52. The first-order chi connectivity index (χ1) is 10.0. The van der Waals surface area contributed by atoms with Gasteiger partial charge in [0.2, 0.25) is 4.96 Å². The molecule has 0 spiro atoms. The summed E-state index contributed by atoms with van der Waals surface area (Å²) in [6.07, 6.45) is 4.85. The van der Waals surface area contributed by atoms with Gasteiger partial charge in [-0.05, 0) is 26.2 Å². The molecular weight excluding hydrogens is 308 g/mol. The van der Waals surface area contributed by atoms with Crippen molar-refractivity contribution < 1.29 is 8.42 Å². The van der Waals surface area contributed by atoms with Gasteiger partial charge in [-0.2, -0.15) is 13.9 Å². The van der Waals surface area contributed by atoms with Crippen LogP contribution in [0.1, 0.15) is 43.3 Å². The van der Waals surface area contributed by atoms with Crippen molar-refractivity contribution in [2.45, 2.75) is 51.0 Å². The van der Waals surface area contributed by atoms with Gasteiger partial charge in [0, 0.05) is 13.1 Å². The van der Waals surface area contributed by atoms with Crippen LogP contribution in [0, 0.1) is 6.92 Å². The molecule has 3 heterocycles. The number of sulfonamides is 1. The first-order valence-electron chi connectivity index (χ1n) is 7.39. The highest BCUT2D eigenvalue weighted by Gasteiger charge is 2.31. The maximum Gasteiger partial charge on any atom is 0.262 e. The van der Waals surface area contributed by atoms with Gasteiger partial charge in [0.15, 0.2) is 5.03 Å². The van der Waals surface area contributed by atoms with Gasteiger partial charge in [-0.15, -0.1) is 0 Å². The van der Waals surface area contributed by atoms with Crippen molar-refractivity contribution in [3.05, 3.63) is 10.7 Å². The van der Waals surface area contributed by atoms with Gasteiger partial charge >= 0.3 is 0 Å². The van der Waals surface area contributed by atoms with Crippen molar-refractivity contribution in [1.29, 1.82) is 0 Å².